The summed E-state index contributed by atoms with van der Waals surface area (Å²) in [6.07, 6.45) is 0.885. The fourth-order valence-corrected chi connectivity index (χ4v) is 2.78. The minimum atomic E-state index is -0.0510. The first-order valence-corrected chi connectivity index (χ1v) is 8.37. The molecule has 2 rings (SSSR count). The Hall–Kier alpha value is -2.26. The van der Waals surface area contributed by atoms with Crippen molar-refractivity contribution in [3.8, 4) is 11.8 Å². The molecule has 0 aliphatic heterocycles. The van der Waals surface area contributed by atoms with Gasteiger partial charge in [0.1, 0.15) is 16.8 Å². The Labute approximate surface area is 140 Å². The summed E-state index contributed by atoms with van der Waals surface area (Å²) in [7, 11) is 1.60. The third-order valence-electron chi connectivity index (χ3n) is 3.47. The molecule has 0 bridgehead atoms. The molecular formula is C17H19N3O2S. The van der Waals surface area contributed by atoms with Crippen LogP contribution in [0.4, 0.5) is 0 Å². The molecule has 0 aliphatic rings. The molecule has 120 valence electrons. The first-order valence-electron chi connectivity index (χ1n) is 7.38. The van der Waals surface area contributed by atoms with Gasteiger partial charge in [0.25, 0.3) is 0 Å². The molecule has 23 heavy (non-hydrogen) atoms. The van der Waals surface area contributed by atoms with Gasteiger partial charge in [0.15, 0.2) is 0 Å². The van der Waals surface area contributed by atoms with E-state index in [1.165, 1.54) is 11.8 Å². The lowest BCUT2D eigenvalue weighted by molar-refractivity contribution is -0.119. The molecule has 1 aromatic heterocycles. The highest BCUT2D eigenvalue weighted by molar-refractivity contribution is 8.00. The van der Waals surface area contributed by atoms with Gasteiger partial charge in [-0.3, -0.25) is 4.79 Å². The second-order valence-corrected chi connectivity index (χ2v) is 6.14. The highest BCUT2D eigenvalue weighted by Gasteiger charge is 2.12. The summed E-state index contributed by atoms with van der Waals surface area (Å²) in [5.74, 6) is 0.912. The van der Waals surface area contributed by atoms with Crippen molar-refractivity contribution in [3.05, 3.63) is 29.8 Å². The fraction of sp³-hybridized carbons (Fsp3) is 0.353. The monoisotopic (exact) mass is 329 g/mol. The molecule has 1 atom stereocenters. The molecule has 0 aliphatic carbocycles. The number of benzene rings is 1. The average molecular weight is 329 g/mol. The number of ether oxygens (including phenoxy) is 1. The van der Waals surface area contributed by atoms with E-state index in [4.69, 9.17) is 4.74 Å². The maximum atomic E-state index is 11.9. The van der Waals surface area contributed by atoms with Crippen LogP contribution in [0.5, 0.6) is 5.75 Å². The third kappa shape index (κ3) is 4.36. The molecular weight excluding hydrogens is 310 g/mol. The maximum Gasteiger partial charge on any atom is 0.230 e. The number of pyridine rings is 1. The number of fused-ring (bicyclic) bond motifs is 1. The first kappa shape index (κ1) is 17.1. The number of aromatic nitrogens is 1. The Balaban J connectivity index is 2.20. The van der Waals surface area contributed by atoms with Crippen LogP contribution in [0.25, 0.3) is 10.9 Å². The number of nitriles is 1. The fourth-order valence-electron chi connectivity index (χ4n) is 2.01. The number of rotatable bonds is 6. The number of nitrogens with zero attached hydrogens (tertiary/aromatic N) is 2. The molecule has 2 aromatic rings. The summed E-state index contributed by atoms with van der Waals surface area (Å²) in [5, 5.41) is 13.6. The standard InChI is InChI=1S/C17H19N3O2S/c1-4-11(2)19-16(21)10-23-17-13(9-18)7-12-8-14(22-3)5-6-15(12)20-17/h5-8,11H,4,10H2,1-3H3,(H,19,21)/t11-/m0/s1. The molecule has 0 radical (unpaired) electrons. The number of thioether (sulfide) groups is 1. The van der Waals surface area contributed by atoms with E-state index in [0.717, 1.165) is 23.1 Å². The van der Waals surface area contributed by atoms with Crippen molar-refractivity contribution in [1.29, 1.82) is 5.26 Å². The molecule has 1 amide bonds. The van der Waals surface area contributed by atoms with Crippen LogP contribution in [-0.2, 0) is 4.79 Å². The van der Waals surface area contributed by atoms with Crippen LogP contribution in [0.2, 0.25) is 0 Å². The van der Waals surface area contributed by atoms with Gasteiger partial charge in [-0.25, -0.2) is 4.98 Å². The maximum absolute atomic E-state index is 11.9. The predicted octanol–water partition coefficient (Wildman–Crippen LogP) is 3.12. The summed E-state index contributed by atoms with van der Waals surface area (Å²) in [4.78, 5) is 16.4. The summed E-state index contributed by atoms with van der Waals surface area (Å²) in [6.45, 7) is 3.98. The van der Waals surface area contributed by atoms with Crippen molar-refractivity contribution in [2.75, 3.05) is 12.9 Å². The van der Waals surface area contributed by atoms with E-state index < -0.39 is 0 Å². The molecule has 6 heteroatoms. The smallest absolute Gasteiger partial charge is 0.230 e. The van der Waals surface area contributed by atoms with Gasteiger partial charge in [-0.15, -0.1) is 0 Å². The second-order valence-electron chi connectivity index (χ2n) is 5.18. The highest BCUT2D eigenvalue weighted by atomic mass is 32.2. The summed E-state index contributed by atoms with van der Waals surface area (Å²) in [6, 6.07) is 9.58. The molecule has 0 fully saturated rings. The van der Waals surface area contributed by atoms with Crippen molar-refractivity contribution in [3.63, 3.8) is 0 Å². The molecule has 0 spiro atoms. The zero-order chi connectivity index (χ0) is 16.8. The summed E-state index contributed by atoms with van der Waals surface area (Å²) < 4.78 is 5.18. The van der Waals surface area contributed by atoms with Gasteiger partial charge in [-0.1, -0.05) is 18.7 Å². The Morgan fingerprint density at radius 3 is 2.91 bits per heavy atom. The highest BCUT2D eigenvalue weighted by Crippen LogP contribution is 2.26. The summed E-state index contributed by atoms with van der Waals surface area (Å²) in [5.41, 5.74) is 1.24. The minimum Gasteiger partial charge on any atom is -0.497 e. The molecule has 0 saturated heterocycles. The van der Waals surface area contributed by atoms with Crippen molar-refractivity contribution < 1.29 is 9.53 Å². The van der Waals surface area contributed by atoms with Crippen LogP contribution < -0.4 is 10.1 Å². The number of hydrogen-bond donors (Lipinski definition) is 1. The number of carbonyl (C=O) groups excluding carboxylic acids is 1. The zero-order valence-corrected chi connectivity index (χ0v) is 14.2. The number of carbonyl (C=O) groups is 1. The predicted molar refractivity (Wildman–Crippen MR) is 91.6 cm³/mol. The van der Waals surface area contributed by atoms with E-state index >= 15 is 0 Å². The van der Waals surface area contributed by atoms with E-state index in [-0.39, 0.29) is 17.7 Å². The Kier molecular flexibility index (Phi) is 5.83. The van der Waals surface area contributed by atoms with Crippen molar-refractivity contribution in [2.24, 2.45) is 0 Å². The normalized spacial score (nSPS) is 11.7. The van der Waals surface area contributed by atoms with Crippen LogP contribution in [0.3, 0.4) is 0 Å². The van der Waals surface area contributed by atoms with Gasteiger partial charge >= 0.3 is 0 Å². The Morgan fingerprint density at radius 1 is 1.48 bits per heavy atom. The number of nitrogens with one attached hydrogen (secondary N) is 1. The van der Waals surface area contributed by atoms with E-state index in [9.17, 15) is 10.1 Å². The van der Waals surface area contributed by atoms with Gasteiger partial charge in [0.2, 0.25) is 5.91 Å². The SMILES string of the molecule is CC[C@H](C)NC(=O)CSc1nc2ccc(OC)cc2cc1C#N. The lowest BCUT2D eigenvalue weighted by Gasteiger charge is -2.11. The molecule has 0 saturated carbocycles. The van der Waals surface area contributed by atoms with Crippen molar-refractivity contribution in [2.45, 2.75) is 31.3 Å². The van der Waals surface area contributed by atoms with Crippen molar-refractivity contribution in [1.82, 2.24) is 10.3 Å². The van der Waals surface area contributed by atoms with E-state index in [0.29, 0.717) is 10.6 Å². The van der Waals surface area contributed by atoms with E-state index in [1.807, 2.05) is 32.0 Å². The largest absolute Gasteiger partial charge is 0.497 e. The Bertz CT molecular complexity index is 755. The van der Waals surface area contributed by atoms with Crippen LogP contribution >= 0.6 is 11.8 Å². The Morgan fingerprint density at radius 2 is 2.26 bits per heavy atom. The molecule has 1 aromatic carbocycles. The topological polar surface area (TPSA) is 75.0 Å². The van der Waals surface area contributed by atoms with Gasteiger partial charge in [-0.2, -0.15) is 5.26 Å². The van der Waals surface area contributed by atoms with Crippen molar-refractivity contribution >= 4 is 28.6 Å². The van der Waals surface area contributed by atoms with Gasteiger partial charge < -0.3 is 10.1 Å². The molecule has 0 unspecified atom stereocenters. The molecule has 1 N–H and O–H groups in total. The number of amides is 1. The number of hydrogen-bond acceptors (Lipinski definition) is 5. The lowest BCUT2D eigenvalue weighted by atomic mass is 10.1. The third-order valence-corrected chi connectivity index (χ3v) is 4.46. The quantitative estimate of drug-likeness (QED) is 0.824. The minimum absolute atomic E-state index is 0.0510. The van der Waals surface area contributed by atoms with Crippen LogP contribution in [-0.4, -0.2) is 29.8 Å². The van der Waals surface area contributed by atoms with Crippen LogP contribution in [0, 0.1) is 11.3 Å². The van der Waals surface area contributed by atoms with Crippen LogP contribution in [0.15, 0.2) is 29.3 Å². The van der Waals surface area contributed by atoms with E-state index in [1.54, 1.807) is 13.2 Å². The number of methoxy groups -OCH3 is 1. The van der Waals surface area contributed by atoms with Crippen LogP contribution in [0.1, 0.15) is 25.8 Å². The van der Waals surface area contributed by atoms with Gasteiger partial charge in [0, 0.05) is 11.4 Å². The van der Waals surface area contributed by atoms with Gasteiger partial charge in [0.05, 0.1) is 23.9 Å². The van der Waals surface area contributed by atoms with E-state index in [2.05, 4.69) is 16.4 Å². The average Bonchev–Trinajstić information content (AvgIpc) is 2.58. The first-order chi connectivity index (χ1) is 11.1. The molecule has 1 heterocycles. The summed E-state index contributed by atoms with van der Waals surface area (Å²) >= 11 is 1.28. The zero-order valence-electron chi connectivity index (χ0n) is 13.4. The lowest BCUT2D eigenvalue weighted by Crippen LogP contribution is -2.33. The van der Waals surface area contributed by atoms with Gasteiger partial charge in [-0.05, 0) is 37.6 Å². The second kappa shape index (κ2) is 7.84. The molecule has 5 nitrogen and oxygen atoms in total.